The molecule has 1 aromatic carbocycles. The van der Waals surface area contributed by atoms with Crippen LogP contribution in [0, 0.1) is 3.57 Å². The number of fused-ring (bicyclic) bond motifs is 1. The summed E-state index contributed by atoms with van der Waals surface area (Å²) >= 11 is 0.0200. The Morgan fingerprint density at radius 1 is 1.37 bits per heavy atom. The standard InChI is InChI=1S/C14H15IN3O/c1-15-13-5-3-4-12-11(13)6-7-18(14(12)19)10-8-16-17(2)9-10/h3-5,8-9H,6-7H2,1-2H3/q-1. The van der Waals surface area contributed by atoms with Crippen LogP contribution in [0.2, 0.25) is 0 Å². The number of aromatic nitrogens is 2. The van der Waals surface area contributed by atoms with Crippen LogP contribution in [0.25, 0.3) is 0 Å². The summed E-state index contributed by atoms with van der Waals surface area (Å²) in [4.78, 5) is 16.7. The van der Waals surface area contributed by atoms with E-state index >= 15 is 0 Å². The van der Waals surface area contributed by atoms with E-state index in [0.29, 0.717) is 0 Å². The van der Waals surface area contributed by atoms with Crippen LogP contribution in [0.1, 0.15) is 15.9 Å². The maximum absolute atomic E-state index is 12.6. The SMILES string of the molecule is C[I-]c1cccc2c1CCN(c1cnn(C)c1)C2=O. The fourth-order valence-electron chi connectivity index (χ4n) is 2.45. The van der Waals surface area contributed by atoms with E-state index in [1.54, 1.807) is 10.9 Å². The molecule has 2 heterocycles. The van der Waals surface area contributed by atoms with Gasteiger partial charge in [0, 0.05) is 0 Å². The fourth-order valence-corrected chi connectivity index (χ4v) is 4.23. The second kappa shape index (κ2) is 4.96. The molecule has 0 N–H and O–H groups in total. The summed E-state index contributed by atoms with van der Waals surface area (Å²) in [5.41, 5.74) is 3.02. The van der Waals surface area contributed by atoms with Gasteiger partial charge in [0.25, 0.3) is 0 Å². The summed E-state index contributed by atoms with van der Waals surface area (Å²) in [7, 11) is 1.87. The van der Waals surface area contributed by atoms with Crippen molar-refractivity contribution in [1.29, 1.82) is 0 Å². The van der Waals surface area contributed by atoms with Crippen LogP contribution < -0.4 is 26.1 Å². The average Bonchev–Trinajstić information content (AvgIpc) is 2.85. The molecule has 0 saturated heterocycles. The van der Waals surface area contributed by atoms with Crippen LogP contribution in [0.3, 0.4) is 0 Å². The summed E-state index contributed by atoms with van der Waals surface area (Å²) in [6.45, 7) is 0.748. The van der Waals surface area contributed by atoms with Crippen LogP contribution in [-0.4, -0.2) is 27.2 Å². The first kappa shape index (κ1) is 12.7. The molecular weight excluding hydrogens is 353 g/mol. The van der Waals surface area contributed by atoms with E-state index in [1.165, 1.54) is 9.13 Å². The van der Waals surface area contributed by atoms with Gasteiger partial charge in [-0.25, -0.2) is 0 Å². The second-order valence-corrected chi connectivity index (χ2v) is 6.77. The molecule has 1 aliphatic rings. The molecule has 0 unspecified atom stereocenters. The first-order chi connectivity index (χ1) is 9.20. The molecule has 0 spiro atoms. The molecule has 1 amide bonds. The monoisotopic (exact) mass is 368 g/mol. The Hall–Kier alpha value is -1.37. The minimum absolute atomic E-state index is 0.0200. The number of alkyl halides is 1. The first-order valence-electron chi connectivity index (χ1n) is 6.12. The zero-order chi connectivity index (χ0) is 13.4. The Morgan fingerprint density at radius 3 is 2.89 bits per heavy atom. The van der Waals surface area contributed by atoms with E-state index in [-0.39, 0.29) is 27.1 Å². The number of halogens is 1. The van der Waals surface area contributed by atoms with Crippen molar-refractivity contribution in [1.82, 2.24) is 9.78 Å². The quantitative estimate of drug-likeness (QED) is 0.479. The molecule has 100 valence electrons. The Bertz CT molecular complexity index is 635. The van der Waals surface area contributed by atoms with E-state index in [4.69, 9.17) is 0 Å². The third kappa shape index (κ3) is 2.16. The van der Waals surface area contributed by atoms with Gasteiger partial charge in [-0.3, -0.25) is 0 Å². The average molecular weight is 368 g/mol. The van der Waals surface area contributed by atoms with Gasteiger partial charge in [-0.2, -0.15) is 0 Å². The van der Waals surface area contributed by atoms with E-state index in [2.05, 4.69) is 16.1 Å². The molecule has 0 radical (unpaired) electrons. The van der Waals surface area contributed by atoms with Gasteiger partial charge in [0.1, 0.15) is 0 Å². The number of benzene rings is 1. The first-order valence-corrected chi connectivity index (χ1v) is 9.36. The van der Waals surface area contributed by atoms with Crippen molar-refractivity contribution in [2.45, 2.75) is 6.42 Å². The number of hydrogen-bond donors (Lipinski definition) is 0. The number of anilines is 1. The summed E-state index contributed by atoms with van der Waals surface area (Å²) in [6.07, 6.45) is 4.58. The zero-order valence-corrected chi connectivity index (χ0v) is 13.1. The Balaban J connectivity index is 2.01. The van der Waals surface area contributed by atoms with Crippen molar-refractivity contribution in [2.24, 2.45) is 7.05 Å². The molecule has 1 aromatic heterocycles. The van der Waals surface area contributed by atoms with Gasteiger partial charge < -0.3 is 0 Å². The topological polar surface area (TPSA) is 38.1 Å². The van der Waals surface area contributed by atoms with Gasteiger partial charge in [0.05, 0.1) is 0 Å². The molecular formula is C14H15IN3O-. The van der Waals surface area contributed by atoms with Gasteiger partial charge in [-0.1, -0.05) is 0 Å². The molecule has 2 aromatic rings. The fraction of sp³-hybridized carbons (Fsp3) is 0.286. The van der Waals surface area contributed by atoms with Gasteiger partial charge in [0.15, 0.2) is 0 Å². The van der Waals surface area contributed by atoms with Gasteiger partial charge in [-0.15, -0.1) is 0 Å². The van der Waals surface area contributed by atoms with Crippen molar-refractivity contribution in [3.63, 3.8) is 0 Å². The Kier molecular flexibility index (Phi) is 3.30. The van der Waals surface area contributed by atoms with Crippen LogP contribution in [0.15, 0.2) is 30.6 Å². The van der Waals surface area contributed by atoms with Crippen LogP contribution in [-0.2, 0) is 13.5 Å². The molecule has 0 fully saturated rings. The maximum atomic E-state index is 12.6. The van der Waals surface area contributed by atoms with Crippen LogP contribution in [0.5, 0.6) is 0 Å². The Morgan fingerprint density at radius 2 is 2.21 bits per heavy atom. The predicted octanol–water partition coefficient (Wildman–Crippen LogP) is -1.49. The summed E-state index contributed by atoms with van der Waals surface area (Å²) < 4.78 is 3.13. The number of nitrogens with zero attached hydrogens (tertiary/aromatic N) is 3. The number of aryl methyl sites for hydroxylation is 1. The molecule has 0 bridgehead atoms. The van der Waals surface area contributed by atoms with Crippen molar-refractivity contribution in [3.05, 3.63) is 45.3 Å². The molecule has 0 atom stereocenters. The molecule has 0 saturated carbocycles. The number of hydrogen-bond acceptors (Lipinski definition) is 2. The van der Waals surface area contributed by atoms with Crippen LogP contribution >= 0.6 is 0 Å². The van der Waals surface area contributed by atoms with Crippen LogP contribution in [0.4, 0.5) is 5.69 Å². The molecule has 1 aliphatic heterocycles. The summed E-state index contributed by atoms with van der Waals surface area (Å²) in [5, 5.41) is 4.14. The zero-order valence-electron chi connectivity index (χ0n) is 10.9. The van der Waals surface area contributed by atoms with Crippen molar-refractivity contribution >= 4 is 11.6 Å². The summed E-state index contributed by atoms with van der Waals surface area (Å²) in [5.74, 6) is 0.105. The van der Waals surface area contributed by atoms with E-state index in [9.17, 15) is 4.79 Å². The number of amides is 1. The summed E-state index contributed by atoms with van der Waals surface area (Å²) in [6, 6.07) is 6.12. The van der Waals surface area contributed by atoms with Crippen molar-refractivity contribution in [3.8, 4) is 0 Å². The normalized spacial score (nSPS) is 14.8. The molecule has 4 nitrogen and oxygen atoms in total. The van der Waals surface area contributed by atoms with Gasteiger partial charge in [-0.05, 0) is 0 Å². The van der Waals surface area contributed by atoms with Crippen molar-refractivity contribution < 1.29 is 26.0 Å². The molecule has 5 heteroatoms. The van der Waals surface area contributed by atoms with Gasteiger partial charge >= 0.3 is 123 Å². The number of carbonyl (C=O) groups excluding carboxylic acids is 1. The van der Waals surface area contributed by atoms with E-state index < -0.39 is 0 Å². The van der Waals surface area contributed by atoms with Gasteiger partial charge in [0.2, 0.25) is 0 Å². The van der Waals surface area contributed by atoms with E-state index in [0.717, 1.165) is 24.2 Å². The third-order valence-corrected chi connectivity index (χ3v) is 5.56. The second-order valence-electron chi connectivity index (χ2n) is 4.53. The Labute approximate surface area is 122 Å². The minimum atomic E-state index is 0.0200. The molecule has 0 aliphatic carbocycles. The molecule has 19 heavy (non-hydrogen) atoms. The number of carbonyl (C=O) groups is 1. The number of rotatable bonds is 2. The predicted molar refractivity (Wildman–Crippen MR) is 69.7 cm³/mol. The molecule has 3 rings (SSSR count). The third-order valence-electron chi connectivity index (χ3n) is 3.39. The van der Waals surface area contributed by atoms with E-state index in [1.807, 2.05) is 30.3 Å². The van der Waals surface area contributed by atoms with Crippen molar-refractivity contribution in [2.75, 3.05) is 16.4 Å².